The normalized spacial score (nSPS) is 20.3. The van der Waals surface area contributed by atoms with Gasteiger partial charge in [0.05, 0.1) is 6.54 Å². The molecule has 0 spiro atoms. The number of thioether (sulfide) groups is 1. The van der Waals surface area contributed by atoms with Crippen molar-refractivity contribution in [3.63, 3.8) is 0 Å². The maximum absolute atomic E-state index is 5.96. The highest BCUT2D eigenvalue weighted by atomic mass is 32.2. The van der Waals surface area contributed by atoms with Crippen LogP contribution in [-0.2, 0) is 13.1 Å². The molecule has 1 aromatic rings. The second-order valence-electron chi connectivity index (χ2n) is 6.46. The molecule has 120 valence electrons. The third-order valence-electron chi connectivity index (χ3n) is 4.00. The van der Waals surface area contributed by atoms with E-state index in [1.165, 1.54) is 30.8 Å². The zero-order chi connectivity index (χ0) is 15.2. The van der Waals surface area contributed by atoms with Gasteiger partial charge in [-0.15, -0.1) is 0 Å². The first-order valence-corrected chi connectivity index (χ1v) is 9.26. The number of aryl methyl sites for hydroxylation is 1. The Balaban J connectivity index is 1.86. The molecule has 2 heterocycles. The van der Waals surface area contributed by atoms with Crippen molar-refractivity contribution >= 4 is 11.8 Å². The van der Waals surface area contributed by atoms with Crippen molar-refractivity contribution in [3.05, 3.63) is 23.2 Å². The van der Waals surface area contributed by atoms with E-state index in [4.69, 9.17) is 4.42 Å². The minimum Gasteiger partial charge on any atom is -0.465 e. The monoisotopic (exact) mass is 310 g/mol. The van der Waals surface area contributed by atoms with Crippen molar-refractivity contribution in [1.29, 1.82) is 0 Å². The lowest BCUT2D eigenvalue weighted by Crippen LogP contribution is -2.36. The SMILES string of the molecule is CCC1CN(Cc2cc(CNCC(C)C)c(C)o2)CCS1. The van der Waals surface area contributed by atoms with Crippen LogP contribution in [0.5, 0.6) is 0 Å². The van der Waals surface area contributed by atoms with Crippen LogP contribution in [0.2, 0.25) is 0 Å². The average molecular weight is 311 g/mol. The standard InChI is InChI=1S/C17H30N2OS/c1-5-17-12-19(6-7-21-17)11-16-8-15(14(4)20-16)10-18-9-13(2)3/h8,13,17-18H,5-7,9-12H2,1-4H3. The van der Waals surface area contributed by atoms with Gasteiger partial charge in [-0.05, 0) is 31.9 Å². The van der Waals surface area contributed by atoms with E-state index in [1.807, 2.05) is 0 Å². The van der Waals surface area contributed by atoms with Crippen LogP contribution < -0.4 is 5.32 Å². The summed E-state index contributed by atoms with van der Waals surface area (Å²) < 4.78 is 5.96. The van der Waals surface area contributed by atoms with E-state index in [9.17, 15) is 0 Å². The molecule has 3 nitrogen and oxygen atoms in total. The summed E-state index contributed by atoms with van der Waals surface area (Å²) in [5, 5.41) is 4.29. The largest absolute Gasteiger partial charge is 0.465 e. The molecule has 2 rings (SSSR count). The van der Waals surface area contributed by atoms with Crippen LogP contribution in [0.3, 0.4) is 0 Å². The molecular weight excluding hydrogens is 280 g/mol. The molecule has 1 aromatic heterocycles. The van der Waals surface area contributed by atoms with Crippen LogP contribution in [0.15, 0.2) is 10.5 Å². The van der Waals surface area contributed by atoms with Crippen molar-refractivity contribution in [3.8, 4) is 0 Å². The van der Waals surface area contributed by atoms with Crippen molar-refractivity contribution < 1.29 is 4.42 Å². The van der Waals surface area contributed by atoms with Gasteiger partial charge in [-0.1, -0.05) is 20.8 Å². The Morgan fingerprint density at radius 3 is 3.00 bits per heavy atom. The Kier molecular flexibility index (Phi) is 6.65. The van der Waals surface area contributed by atoms with Gasteiger partial charge in [0, 0.05) is 36.2 Å². The van der Waals surface area contributed by atoms with Crippen LogP contribution in [0.25, 0.3) is 0 Å². The molecule has 0 aliphatic carbocycles. The van der Waals surface area contributed by atoms with Crippen molar-refractivity contribution in [2.45, 2.75) is 52.5 Å². The first-order valence-electron chi connectivity index (χ1n) is 8.21. The molecule has 1 unspecified atom stereocenters. The molecule has 0 aromatic carbocycles. The van der Waals surface area contributed by atoms with Crippen LogP contribution in [0.1, 0.15) is 44.3 Å². The Morgan fingerprint density at radius 1 is 1.48 bits per heavy atom. The van der Waals surface area contributed by atoms with Gasteiger partial charge in [-0.3, -0.25) is 4.90 Å². The fraction of sp³-hybridized carbons (Fsp3) is 0.765. The predicted molar refractivity (Wildman–Crippen MR) is 91.8 cm³/mol. The second-order valence-corrected chi connectivity index (χ2v) is 7.86. The molecule has 1 fully saturated rings. The number of hydrogen-bond donors (Lipinski definition) is 1. The fourth-order valence-electron chi connectivity index (χ4n) is 2.73. The number of nitrogens with zero attached hydrogens (tertiary/aromatic N) is 1. The third kappa shape index (κ3) is 5.35. The molecule has 1 aliphatic rings. The Bertz CT molecular complexity index is 430. The summed E-state index contributed by atoms with van der Waals surface area (Å²) in [4.78, 5) is 2.54. The molecule has 21 heavy (non-hydrogen) atoms. The first kappa shape index (κ1) is 16.9. The van der Waals surface area contributed by atoms with E-state index in [-0.39, 0.29) is 0 Å². The summed E-state index contributed by atoms with van der Waals surface area (Å²) in [6.45, 7) is 14.2. The number of hydrogen-bond acceptors (Lipinski definition) is 4. The molecule has 1 saturated heterocycles. The molecule has 0 bridgehead atoms. The maximum Gasteiger partial charge on any atom is 0.118 e. The van der Waals surface area contributed by atoms with Crippen LogP contribution >= 0.6 is 11.8 Å². The molecule has 4 heteroatoms. The summed E-state index contributed by atoms with van der Waals surface area (Å²) in [5.41, 5.74) is 1.31. The smallest absolute Gasteiger partial charge is 0.118 e. The van der Waals surface area contributed by atoms with Gasteiger partial charge in [0.15, 0.2) is 0 Å². The minimum absolute atomic E-state index is 0.688. The van der Waals surface area contributed by atoms with Gasteiger partial charge in [0.1, 0.15) is 11.5 Å². The predicted octanol–water partition coefficient (Wildman–Crippen LogP) is 3.66. The quantitative estimate of drug-likeness (QED) is 0.832. The summed E-state index contributed by atoms with van der Waals surface area (Å²) in [7, 11) is 0. The summed E-state index contributed by atoms with van der Waals surface area (Å²) >= 11 is 2.12. The molecular formula is C17H30N2OS. The summed E-state index contributed by atoms with van der Waals surface area (Å²) in [6, 6.07) is 2.24. The first-order chi connectivity index (χ1) is 10.1. The van der Waals surface area contributed by atoms with Gasteiger partial charge < -0.3 is 9.73 Å². The topological polar surface area (TPSA) is 28.4 Å². The van der Waals surface area contributed by atoms with E-state index in [2.05, 4.69) is 55.7 Å². The Morgan fingerprint density at radius 2 is 2.29 bits per heavy atom. The highest BCUT2D eigenvalue weighted by molar-refractivity contribution is 8.00. The lowest BCUT2D eigenvalue weighted by atomic mass is 10.2. The molecule has 1 atom stereocenters. The van der Waals surface area contributed by atoms with E-state index in [1.54, 1.807) is 0 Å². The maximum atomic E-state index is 5.96. The molecule has 1 aliphatic heterocycles. The number of nitrogens with one attached hydrogen (secondary N) is 1. The van der Waals surface area contributed by atoms with Gasteiger partial charge in [-0.2, -0.15) is 11.8 Å². The third-order valence-corrected chi connectivity index (χ3v) is 5.37. The summed E-state index contributed by atoms with van der Waals surface area (Å²) in [5.74, 6) is 4.13. The highest BCUT2D eigenvalue weighted by Gasteiger charge is 2.20. The van der Waals surface area contributed by atoms with Crippen LogP contribution in [-0.4, -0.2) is 35.5 Å². The minimum atomic E-state index is 0.688. The van der Waals surface area contributed by atoms with E-state index >= 15 is 0 Å². The zero-order valence-electron chi connectivity index (χ0n) is 13.9. The van der Waals surface area contributed by atoms with Crippen molar-refractivity contribution in [2.24, 2.45) is 5.92 Å². The molecule has 0 amide bonds. The molecule has 0 radical (unpaired) electrons. The Labute approximate surface area is 133 Å². The van der Waals surface area contributed by atoms with E-state index < -0.39 is 0 Å². The second kappa shape index (κ2) is 8.25. The van der Waals surface area contributed by atoms with Crippen LogP contribution in [0, 0.1) is 12.8 Å². The highest BCUT2D eigenvalue weighted by Crippen LogP contribution is 2.23. The number of rotatable bonds is 7. The van der Waals surface area contributed by atoms with Crippen molar-refractivity contribution in [2.75, 3.05) is 25.4 Å². The van der Waals surface area contributed by atoms with Gasteiger partial charge in [0.2, 0.25) is 0 Å². The fourth-order valence-corrected chi connectivity index (χ4v) is 3.98. The zero-order valence-corrected chi connectivity index (χ0v) is 14.8. The Hall–Kier alpha value is -0.450. The lowest BCUT2D eigenvalue weighted by molar-refractivity contribution is 0.248. The summed E-state index contributed by atoms with van der Waals surface area (Å²) in [6.07, 6.45) is 1.27. The lowest BCUT2D eigenvalue weighted by Gasteiger charge is -2.31. The molecule has 1 N–H and O–H groups in total. The van der Waals surface area contributed by atoms with E-state index in [0.29, 0.717) is 5.92 Å². The van der Waals surface area contributed by atoms with Crippen LogP contribution in [0.4, 0.5) is 0 Å². The van der Waals surface area contributed by atoms with E-state index in [0.717, 1.165) is 36.4 Å². The van der Waals surface area contributed by atoms with Gasteiger partial charge >= 0.3 is 0 Å². The van der Waals surface area contributed by atoms with Gasteiger partial charge in [-0.25, -0.2) is 0 Å². The average Bonchev–Trinajstić information content (AvgIpc) is 2.79. The van der Waals surface area contributed by atoms with Gasteiger partial charge in [0.25, 0.3) is 0 Å². The van der Waals surface area contributed by atoms with Crippen molar-refractivity contribution in [1.82, 2.24) is 10.2 Å². The molecule has 0 saturated carbocycles. The number of furan rings is 1.